The highest BCUT2D eigenvalue weighted by Gasteiger charge is 2.16. The summed E-state index contributed by atoms with van der Waals surface area (Å²) in [7, 11) is 0. The molecule has 0 radical (unpaired) electrons. The van der Waals surface area contributed by atoms with Crippen molar-refractivity contribution in [2.24, 2.45) is 0 Å². The maximum absolute atomic E-state index is 12.2. The van der Waals surface area contributed by atoms with Gasteiger partial charge in [-0.05, 0) is 17.7 Å². The highest BCUT2D eigenvalue weighted by Crippen LogP contribution is 2.14. The van der Waals surface area contributed by atoms with Crippen LogP contribution in [0.15, 0.2) is 36.7 Å². The SMILES string of the molecule is O=C(Nc1ccc(CC(=O)N2CCSCC2)cc1)Nc1cn[nH]c1. The molecule has 7 nitrogen and oxygen atoms in total. The Labute approximate surface area is 144 Å². The maximum atomic E-state index is 12.2. The molecule has 24 heavy (non-hydrogen) atoms. The first-order chi connectivity index (χ1) is 11.7. The molecule has 0 unspecified atom stereocenters. The quantitative estimate of drug-likeness (QED) is 0.792. The molecule has 0 bridgehead atoms. The fourth-order valence-electron chi connectivity index (χ4n) is 2.42. The third kappa shape index (κ3) is 4.51. The van der Waals surface area contributed by atoms with Crippen LogP contribution in [-0.2, 0) is 11.2 Å². The molecule has 1 saturated heterocycles. The highest BCUT2D eigenvalue weighted by atomic mass is 32.2. The molecule has 0 atom stereocenters. The van der Waals surface area contributed by atoms with Crippen LogP contribution in [0.3, 0.4) is 0 Å². The molecular formula is C16H19N5O2S. The van der Waals surface area contributed by atoms with Crippen LogP contribution in [0.2, 0.25) is 0 Å². The summed E-state index contributed by atoms with van der Waals surface area (Å²) in [5.74, 6) is 2.19. The maximum Gasteiger partial charge on any atom is 0.323 e. The lowest BCUT2D eigenvalue weighted by atomic mass is 10.1. The minimum absolute atomic E-state index is 0.161. The van der Waals surface area contributed by atoms with Crippen LogP contribution < -0.4 is 10.6 Å². The average Bonchev–Trinajstić information content (AvgIpc) is 3.10. The number of carbonyl (C=O) groups excluding carboxylic acids is 2. The second kappa shape index (κ2) is 7.87. The van der Waals surface area contributed by atoms with Crippen molar-refractivity contribution >= 4 is 35.1 Å². The molecular weight excluding hydrogens is 326 g/mol. The van der Waals surface area contributed by atoms with Gasteiger partial charge in [-0.1, -0.05) is 12.1 Å². The van der Waals surface area contributed by atoms with E-state index in [4.69, 9.17) is 0 Å². The third-order valence-corrected chi connectivity index (χ3v) is 4.63. The first-order valence-corrected chi connectivity index (χ1v) is 8.87. The normalized spacial score (nSPS) is 14.2. The summed E-state index contributed by atoms with van der Waals surface area (Å²) in [6, 6.07) is 6.98. The minimum atomic E-state index is -0.342. The van der Waals surface area contributed by atoms with Gasteiger partial charge in [0.15, 0.2) is 0 Å². The molecule has 0 aliphatic carbocycles. The van der Waals surface area contributed by atoms with Gasteiger partial charge in [0, 0.05) is 36.5 Å². The Kier molecular flexibility index (Phi) is 5.37. The summed E-state index contributed by atoms with van der Waals surface area (Å²) in [4.78, 5) is 26.0. The number of H-pyrrole nitrogens is 1. The molecule has 0 spiro atoms. The number of urea groups is 1. The van der Waals surface area contributed by atoms with Gasteiger partial charge in [-0.25, -0.2) is 4.79 Å². The number of hydrogen-bond donors (Lipinski definition) is 3. The van der Waals surface area contributed by atoms with Gasteiger partial charge in [-0.3, -0.25) is 9.89 Å². The number of amides is 3. The summed E-state index contributed by atoms with van der Waals surface area (Å²) in [6.45, 7) is 1.66. The second-order valence-electron chi connectivity index (χ2n) is 5.43. The number of carbonyl (C=O) groups is 2. The molecule has 1 fully saturated rings. The molecule has 126 valence electrons. The fraction of sp³-hybridized carbons (Fsp3) is 0.312. The summed E-state index contributed by atoms with van der Waals surface area (Å²) in [6.07, 6.45) is 3.51. The number of benzene rings is 1. The van der Waals surface area contributed by atoms with E-state index in [0.717, 1.165) is 30.2 Å². The average molecular weight is 345 g/mol. The Bertz CT molecular complexity index is 681. The predicted molar refractivity (Wildman–Crippen MR) is 95.3 cm³/mol. The zero-order valence-corrected chi connectivity index (χ0v) is 13.9. The van der Waals surface area contributed by atoms with Crippen molar-refractivity contribution < 1.29 is 9.59 Å². The van der Waals surface area contributed by atoms with Crippen molar-refractivity contribution in [2.45, 2.75) is 6.42 Å². The van der Waals surface area contributed by atoms with Crippen LogP contribution in [0.4, 0.5) is 16.2 Å². The number of aromatic nitrogens is 2. The smallest absolute Gasteiger partial charge is 0.323 e. The second-order valence-corrected chi connectivity index (χ2v) is 6.66. The Morgan fingerprint density at radius 3 is 2.50 bits per heavy atom. The molecule has 1 aliphatic rings. The molecule has 1 aromatic heterocycles. The fourth-order valence-corrected chi connectivity index (χ4v) is 3.32. The molecule has 1 aliphatic heterocycles. The number of aromatic amines is 1. The number of anilines is 2. The predicted octanol–water partition coefficient (Wildman–Crippen LogP) is 2.17. The van der Waals surface area contributed by atoms with Crippen molar-refractivity contribution in [1.29, 1.82) is 0 Å². The van der Waals surface area contributed by atoms with Gasteiger partial charge in [0.05, 0.1) is 18.3 Å². The van der Waals surface area contributed by atoms with E-state index < -0.39 is 0 Å². The molecule has 3 N–H and O–H groups in total. The van der Waals surface area contributed by atoms with Gasteiger partial charge in [0.1, 0.15) is 0 Å². The van der Waals surface area contributed by atoms with Crippen molar-refractivity contribution in [3.63, 3.8) is 0 Å². The van der Waals surface area contributed by atoms with Crippen molar-refractivity contribution in [3.05, 3.63) is 42.2 Å². The molecule has 2 heterocycles. The Morgan fingerprint density at radius 1 is 1.12 bits per heavy atom. The molecule has 3 rings (SSSR count). The van der Waals surface area contributed by atoms with Gasteiger partial charge in [0.2, 0.25) is 5.91 Å². The number of rotatable bonds is 4. The van der Waals surface area contributed by atoms with Gasteiger partial charge in [-0.15, -0.1) is 0 Å². The zero-order valence-electron chi connectivity index (χ0n) is 13.1. The summed E-state index contributed by atoms with van der Waals surface area (Å²) in [5, 5.41) is 11.8. The molecule has 1 aromatic carbocycles. The van der Waals surface area contributed by atoms with Crippen LogP contribution in [-0.4, -0.2) is 51.6 Å². The lowest BCUT2D eigenvalue weighted by Gasteiger charge is -2.26. The van der Waals surface area contributed by atoms with Gasteiger partial charge >= 0.3 is 6.03 Å². The summed E-state index contributed by atoms with van der Waals surface area (Å²) in [5.41, 5.74) is 2.20. The van der Waals surface area contributed by atoms with Gasteiger partial charge in [0.25, 0.3) is 0 Å². The van der Waals surface area contributed by atoms with Crippen LogP contribution in [0.1, 0.15) is 5.56 Å². The van der Waals surface area contributed by atoms with E-state index in [9.17, 15) is 9.59 Å². The van der Waals surface area contributed by atoms with Gasteiger partial charge in [-0.2, -0.15) is 16.9 Å². The van der Waals surface area contributed by atoms with Crippen molar-refractivity contribution in [2.75, 3.05) is 35.2 Å². The zero-order chi connectivity index (χ0) is 16.8. The van der Waals surface area contributed by atoms with E-state index in [0.29, 0.717) is 17.8 Å². The van der Waals surface area contributed by atoms with Crippen LogP contribution in [0, 0.1) is 0 Å². The lowest BCUT2D eigenvalue weighted by molar-refractivity contribution is -0.130. The molecule has 8 heteroatoms. The molecule has 0 saturated carbocycles. The molecule has 3 amide bonds. The topological polar surface area (TPSA) is 90.1 Å². The standard InChI is InChI=1S/C16H19N5O2S/c22-15(21-5-7-24-8-6-21)9-12-1-3-13(4-2-12)19-16(23)20-14-10-17-18-11-14/h1-4,10-11H,5-9H2,(H,17,18)(H2,19,20,23). The molecule has 2 aromatic rings. The van der Waals surface area contributed by atoms with Crippen LogP contribution >= 0.6 is 11.8 Å². The number of nitrogens with zero attached hydrogens (tertiary/aromatic N) is 2. The van der Waals surface area contributed by atoms with E-state index >= 15 is 0 Å². The minimum Gasteiger partial charge on any atom is -0.341 e. The Hall–Kier alpha value is -2.48. The largest absolute Gasteiger partial charge is 0.341 e. The first kappa shape index (κ1) is 16.4. The Balaban J connectivity index is 1.51. The van der Waals surface area contributed by atoms with Crippen molar-refractivity contribution in [1.82, 2.24) is 15.1 Å². The number of hydrogen-bond acceptors (Lipinski definition) is 4. The number of thioether (sulfide) groups is 1. The van der Waals surface area contributed by atoms with E-state index in [-0.39, 0.29) is 11.9 Å². The number of nitrogens with one attached hydrogen (secondary N) is 3. The summed E-state index contributed by atoms with van der Waals surface area (Å²) < 4.78 is 0. The van der Waals surface area contributed by atoms with Crippen molar-refractivity contribution in [3.8, 4) is 0 Å². The van der Waals surface area contributed by atoms with Crippen LogP contribution in [0.25, 0.3) is 0 Å². The third-order valence-electron chi connectivity index (χ3n) is 3.69. The first-order valence-electron chi connectivity index (χ1n) is 7.72. The lowest BCUT2D eigenvalue weighted by Crippen LogP contribution is -2.38. The van der Waals surface area contributed by atoms with E-state index in [1.165, 1.54) is 6.20 Å². The summed E-state index contributed by atoms with van der Waals surface area (Å²) >= 11 is 1.89. The van der Waals surface area contributed by atoms with E-state index in [1.54, 1.807) is 18.3 Å². The van der Waals surface area contributed by atoms with Gasteiger partial charge < -0.3 is 15.5 Å². The van der Waals surface area contributed by atoms with Crippen LogP contribution in [0.5, 0.6) is 0 Å². The highest BCUT2D eigenvalue weighted by molar-refractivity contribution is 7.99. The van der Waals surface area contributed by atoms with E-state index in [2.05, 4.69) is 20.8 Å². The Morgan fingerprint density at radius 2 is 1.83 bits per heavy atom. The van der Waals surface area contributed by atoms with E-state index in [1.807, 2.05) is 28.8 Å². The monoisotopic (exact) mass is 345 g/mol.